The molecule has 1 N–H and O–H groups in total. The second kappa shape index (κ2) is 6.61. The first-order valence-corrected chi connectivity index (χ1v) is 6.82. The van der Waals surface area contributed by atoms with E-state index in [1.54, 1.807) is 25.3 Å². The molecular weight excluding hydrogens is 258 g/mol. The second-order valence-electron chi connectivity index (χ2n) is 5.20. The minimum absolute atomic E-state index is 0.0111. The fourth-order valence-corrected chi connectivity index (χ4v) is 2.49. The highest BCUT2D eigenvalue weighted by Gasteiger charge is 2.20. The van der Waals surface area contributed by atoms with Gasteiger partial charge in [-0.05, 0) is 44.1 Å². The standard InChI is InChI=1S/C15H21NO4/c1-16-7-3-4-12(10-16)20-13-6-5-11(9-15(17)18)8-14(13)19-2/h5-6,8,12H,3-4,7,9-10H2,1-2H3,(H,17,18). The Kier molecular flexibility index (Phi) is 4.84. The number of carboxylic acids is 1. The zero-order chi connectivity index (χ0) is 14.5. The Morgan fingerprint density at radius 2 is 2.25 bits per heavy atom. The number of hydrogen-bond acceptors (Lipinski definition) is 4. The molecule has 0 saturated carbocycles. The SMILES string of the molecule is COc1cc(CC(=O)O)ccc1OC1CCCN(C)C1. The fraction of sp³-hybridized carbons (Fsp3) is 0.533. The highest BCUT2D eigenvalue weighted by molar-refractivity contribution is 5.70. The lowest BCUT2D eigenvalue weighted by Gasteiger charge is -2.30. The molecule has 5 heteroatoms. The van der Waals surface area contributed by atoms with E-state index < -0.39 is 5.97 Å². The molecule has 1 aromatic carbocycles. The van der Waals surface area contributed by atoms with Crippen molar-refractivity contribution in [1.29, 1.82) is 0 Å². The van der Waals surface area contributed by atoms with E-state index in [2.05, 4.69) is 11.9 Å². The van der Waals surface area contributed by atoms with E-state index in [4.69, 9.17) is 14.6 Å². The average Bonchev–Trinajstić information content (AvgIpc) is 2.40. The number of likely N-dealkylation sites (N-methyl/N-ethyl adjacent to an activating group) is 1. The predicted molar refractivity (Wildman–Crippen MR) is 75.5 cm³/mol. The van der Waals surface area contributed by atoms with E-state index in [0.29, 0.717) is 17.1 Å². The molecule has 0 bridgehead atoms. The Balaban J connectivity index is 2.08. The maximum atomic E-state index is 10.7. The molecule has 0 aliphatic carbocycles. The molecule has 1 unspecified atom stereocenters. The molecule has 0 radical (unpaired) electrons. The van der Waals surface area contributed by atoms with Gasteiger partial charge in [-0.3, -0.25) is 4.79 Å². The normalized spacial score (nSPS) is 19.6. The maximum absolute atomic E-state index is 10.7. The van der Waals surface area contributed by atoms with Crippen LogP contribution in [-0.2, 0) is 11.2 Å². The van der Waals surface area contributed by atoms with Crippen LogP contribution in [0.3, 0.4) is 0 Å². The summed E-state index contributed by atoms with van der Waals surface area (Å²) in [6.45, 7) is 2.01. The summed E-state index contributed by atoms with van der Waals surface area (Å²) in [4.78, 5) is 13.0. The Bertz CT molecular complexity index is 475. The third kappa shape index (κ3) is 3.87. The van der Waals surface area contributed by atoms with E-state index >= 15 is 0 Å². The van der Waals surface area contributed by atoms with Gasteiger partial charge in [0, 0.05) is 6.54 Å². The van der Waals surface area contributed by atoms with Crippen LogP contribution < -0.4 is 9.47 Å². The van der Waals surface area contributed by atoms with Crippen LogP contribution in [0.4, 0.5) is 0 Å². The summed E-state index contributed by atoms with van der Waals surface area (Å²) in [7, 11) is 3.66. The number of methoxy groups -OCH3 is 1. The molecule has 0 amide bonds. The monoisotopic (exact) mass is 279 g/mol. The van der Waals surface area contributed by atoms with Crippen molar-refractivity contribution in [2.45, 2.75) is 25.4 Å². The third-order valence-electron chi connectivity index (χ3n) is 3.46. The fourth-order valence-electron chi connectivity index (χ4n) is 2.49. The van der Waals surface area contributed by atoms with Gasteiger partial charge in [0.1, 0.15) is 6.10 Å². The zero-order valence-electron chi connectivity index (χ0n) is 12.0. The largest absolute Gasteiger partial charge is 0.493 e. The van der Waals surface area contributed by atoms with Gasteiger partial charge in [-0.1, -0.05) is 6.07 Å². The summed E-state index contributed by atoms with van der Waals surface area (Å²) in [6.07, 6.45) is 2.31. The van der Waals surface area contributed by atoms with Crippen molar-refractivity contribution < 1.29 is 19.4 Å². The summed E-state index contributed by atoms with van der Waals surface area (Å²) < 4.78 is 11.3. The highest BCUT2D eigenvalue weighted by atomic mass is 16.5. The molecule has 2 rings (SSSR count). The zero-order valence-corrected chi connectivity index (χ0v) is 12.0. The molecule has 1 saturated heterocycles. The molecule has 5 nitrogen and oxygen atoms in total. The molecule has 1 aliphatic rings. The summed E-state index contributed by atoms with van der Waals surface area (Å²) >= 11 is 0. The molecular formula is C15H21NO4. The molecule has 1 aromatic rings. The lowest BCUT2D eigenvalue weighted by molar-refractivity contribution is -0.136. The van der Waals surface area contributed by atoms with Crippen molar-refractivity contribution in [3.05, 3.63) is 23.8 Å². The van der Waals surface area contributed by atoms with Crippen LogP contribution in [0.5, 0.6) is 11.5 Å². The number of nitrogens with zero attached hydrogens (tertiary/aromatic N) is 1. The first-order chi connectivity index (χ1) is 9.58. The van der Waals surface area contributed by atoms with Crippen molar-refractivity contribution in [2.24, 2.45) is 0 Å². The van der Waals surface area contributed by atoms with E-state index in [0.717, 1.165) is 25.9 Å². The molecule has 1 heterocycles. The number of hydrogen-bond donors (Lipinski definition) is 1. The Labute approximate surface area is 119 Å². The minimum atomic E-state index is -0.852. The number of likely N-dealkylation sites (tertiary alicyclic amines) is 1. The van der Waals surface area contributed by atoms with Crippen molar-refractivity contribution in [1.82, 2.24) is 4.90 Å². The van der Waals surface area contributed by atoms with E-state index in [-0.39, 0.29) is 12.5 Å². The number of carbonyl (C=O) groups is 1. The topological polar surface area (TPSA) is 59.0 Å². The number of ether oxygens (including phenoxy) is 2. The summed E-state index contributed by atoms with van der Waals surface area (Å²) in [5.74, 6) is 0.425. The molecule has 1 fully saturated rings. The molecule has 0 spiro atoms. The number of rotatable bonds is 5. The highest BCUT2D eigenvalue weighted by Crippen LogP contribution is 2.30. The van der Waals surface area contributed by atoms with Gasteiger partial charge >= 0.3 is 5.97 Å². The lowest BCUT2D eigenvalue weighted by Crippen LogP contribution is -2.38. The van der Waals surface area contributed by atoms with Crippen LogP contribution in [0.15, 0.2) is 18.2 Å². The second-order valence-corrected chi connectivity index (χ2v) is 5.20. The lowest BCUT2D eigenvalue weighted by atomic mass is 10.1. The van der Waals surface area contributed by atoms with E-state index in [9.17, 15) is 4.79 Å². The van der Waals surface area contributed by atoms with Gasteiger partial charge in [0.2, 0.25) is 0 Å². The van der Waals surface area contributed by atoms with Gasteiger partial charge in [0.25, 0.3) is 0 Å². The van der Waals surface area contributed by atoms with Crippen LogP contribution >= 0.6 is 0 Å². The quantitative estimate of drug-likeness (QED) is 0.890. The molecule has 1 aliphatic heterocycles. The van der Waals surface area contributed by atoms with Crippen LogP contribution in [0, 0.1) is 0 Å². The number of carboxylic acid groups (broad SMARTS) is 1. The Morgan fingerprint density at radius 1 is 1.45 bits per heavy atom. The third-order valence-corrected chi connectivity index (χ3v) is 3.46. The van der Waals surface area contributed by atoms with Crippen molar-refractivity contribution >= 4 is 5.97 Å². The van der Waals surface area contributed by atoms with Gasteiger partial charge in [-0.15, -0.1) is 0 Å². The van der Waals surface area contributed by atoms with Crippen LogP contribution in [0.25, 0.3) is 0 Å². The molecule has 20 heavy (non-hydrogen) atoms. The predicted octanol–water partition coefficient (Wildman–Crippen LogP) is 1.80. The van der Waals surface area contributed by atoms with Gasteiger partial charge in [-0.25, -0.2) is 0 Å². The summed E-state index contributed by atoms with van der Waals surface area (Å²) in [5, 5.41) is 8.81. The Hall–Kier alpha value is -1.75. The van der Waals surface area contributed by atoms with Crippen LogP contribution in [0.2, 0.25) is 0 Å². The smallest absolute Gasteiger partial charge is 0.307 e. The van der Waals surface area contributed by atoms with Gasteiger partial charge in [0.15, 0.2) is 11.5 Å². The first-order valence-electron chi connectivity index (χ1n) is 6.82. The van der Waals surface area contributed by atoms with Gasteiger partial charge in [0.05, 0.1) is 13.5 Å². The van der Waals surface area contributed by atoms with Crippen LogP contribution in [-0.4, -0.2) is 49.3 Å². The Morgan fingerprint density at radius 3 is 2.90 bits per heavy atom. The average molecular weight is 279 g/mol. The minimum Gasteiger partial charge on any atom is -0.493 e. The van der Waals surface area contributed by atoms with Crippen molar-refractivity contribution in [3.8, 4) is 11.5 Å². The van der Waals surface area contributed by atoms with Crippen molar-refractivity contribution in [3.63, 3.8) is 0 Å². The number of piperidine rings is 1. The van der Waals surface area contributed by atoms with Crippen molar-refractivity contribution in [2.75, 3.05) is 27.2 Å². The summed E-state index contributed by atoms with van der Waals surface area (Å²) in [6, 6.07) is 5.31. The van der Waals surface area contributed by atoms with E-state index in [1.165, 1.54) is 0 Å². The molecule has 0 aromatic heterocycles. The molecule has 1 atom stereocenters. The number of benzene rings is 1. The van der Waals surface area contributed by atoms with E-state index in [1.807, 2.05) is 0 Å². The van der Waals surface area contributed by atoms with Crippen LogP contribution in [0.1, 0.15) is 18.4 Å². The number of aliphatic carboxylic acids is 1. The molecule has 110 valence electrons. The van der Waals surface area contributed by atoms with Gasteiger partial charge < -0.3 is 19.5 Å². The maximum Gasteiger partial charge on any atom is 0.307 e. The van der Waals surface area contributed by atoms with Gasteiger partial charge in [-0.2, -0.15) is 0 Å². The first kappa shape index (κ1) is 14.7. The summed E-state index contributed by atoms with van der Waals surface area (Å²) in [5.41, 5.74) is 0.711.